The molecule has 0 spiro atoms. The maximum Gasteiger partial charge on any atom is 0.255 e. The number of carbonyl (C=O) groups excluding carboxylic acids is 2. The van der Waals surface area contributed by atoms with Crippen molar-refractivity contribution in [1.82, 2.24) is 14.8 Å². The van der Waals surface area contributed by atoms with E-state index in [1.54, 1.807) is 12.0 Å². The number of para-hydroxylation sites is 2. The number of aromatic amines is 1. The molecular weight excluding hydrogens is 394 g/mol. The number of ether oxygens (including phenoxy) is 1. The van der Waals surface area contributed by atoms with Gasteiger partial charge in [-0.2, -0.15) is 0 Å². The van der Waals surface area contributed by atoms with E-state index in [1.807, 2.05) is 55.5 Å². The molecule has 7 heteroatoms. The molecule has 1 fully saturated rings. The van der Waals surface area contributed by atoms with E-state index in [2.05, 4.69) is 4.98 Å². The van der Waals surface area contributed by atoms with Crippen LogP contribution in [0.15, 0.2) is 48.5 Å². The fourth-order valence-corrected chi connectivity index (χ4v) is 5.21. The van der Waals surface area contributed by atoms with E-state index < -0.39 is 5.54 Å². The van der Waals surface area contributed by atoms with E-state index in [0.29, 0.717) is 6.54 Å². The maximum atomic E-state index is 13.6. The van der Waals surface area contributed by atoms with Crippen LogP contribution in [0.1, 0.15) is 29.7 Å². The summed E-state index contributed by atoms with van der Waals surface area (Å²) in [5.41, 5.74) is 2.51. The second-order valence-corrected chi connectivity index (χ2v) is 8.28. The van der Waals surface area contributed by atoms with Gasteiger partial charge in [-0.15, -0.1) is 0 Å². The highest BCUT2D eigenvalue weighted by molar-refractivity contribution is 6.01. The maximum absolute atomic E-state index is 13.6. The summed E-state index contributed by atoms with van der Waals surface area (Å²) in [4.78, 5) is 33.4. The van der Waals surface area contributed by atoms with Gasteiger partial charge in [0.05, 0.1) is 26.0 Å². The Kier molecular flexibility index (Phi) is 4.51. The first-order chi connectivity index (χ1) is 15.0. The number of methoxy groups -OCH3 is 1. The second-order valence-electron chi connectivity index (χ2n) is 8.28. The lowest BCUT2D eigenvalue weighted by molar-refractivity contribution is -0.166. The van der Waals surface area contributed by atoms with Crippen LogP contribution in [0.4, 0.5) is 0 Å². The van der Waals surface area contributed by atoms with E-state index in [9.17, 15) is 14.7 Å². The van der Waals surface area contributed by atoms with Crippen LogP contribution >= 0.6 is 0 Å². The summed E-state index contributed by atoms with van der Waals surface area (Å²) >= 11 is 0. The molecule has 31 heavy (non-hydrogen) atoms. The number of H-pyrrole nitrogens is 1. The molecule has 2 amide bonds. The molecule has 3 aromatic rings. The van der Waals surface area contributed by atoms with Gasteiger partial charge in [-0.1, -0.05) is 36.4 Å². The van der Waals surface area contributed by atoms with Crippen LogP contribution in [-0.4, -0.2) is 65.1 Å². The third kappa shape index (κ3) is 2.69. The Morgan fingerprint density at radius 1 is 1.16 bits per heavy atom. The predicted molar refractivity (Wildman–Crippen MR) is 116 cm³/mol. The quantitative estimate of drug-likeness (QED) is 0.679. The zero-order valence-electron chi connectivity index (χ0n) is 17.6. The summed E-state index contributed by atoms with van der Waals surface area (Å²) < 4.78 is 5.64. The molecule has 1 aromatic heterocycles. The normalized spacial score (nSPS) is 23.1. The molecule has 2 atom stereocenters. The van der Waals surface area contributed by atoms with Crippen molar-refractivity contribution in [3.05, 3.63) is 65.4 Å². The lowest BCUT2D eigenvalue weighted by atomic mass is 9.76. The Hall–Kier alpha value is -3.32. The van der Waals surface area contributed by atoms with Gasteiger partial charge in [0, 0.05) is 35.5 Å². The van der Waals surface area contributed by atoms with Crippen LogP contribution in [0.3, 0.4) is 0 Å². The Balaban J connectivity index is 1.78. The Labute approximate surface area is 180 Å². The third-order valence-electron chi connectivity index (χ3n) is 6.70. The number of rotatable bonds is 4. The third-order valence-corrected chi connectivity index (χ3v) is 6.70. The van der Waals surface area contributed by atoms with Gasteiger partial charge in [-0.25, -0.2) is 0 Å². The minimum absolute atomic E-state index is 0.0246. The average molecular weight is 419 g/mol. The molecule has 2 aromatic carbocycles. The molecule has 0 aliphatic carbocycles. The molecule has 5 rings (SSSR count). The van der Waals surface area contributed by atoms with Crippen LogP contribution < -0.4 is 4.74 Å². The van der Waals surface area contributed by atoms with Gasteiger partial charge < -0.3 is 24.6 Å². The number of β-amino-alcohol motifs (C(OH)–C–C–N with tert-alkyl or cyclic N) is 1. The van der Waals surface area contributed by atoms with Gasteiger partial charge in [0.25, 0.3) is 5.91 Å². The first kappa shape index (κ1) is 19.6. The standard InChI is InChI=1S/C24H25N3O4/c1-24-22-21(16-8-3-5-9-18(16)25-22)17(15-7-4-6-10-19(15)31-2)13-27(24)20(29)14-26(11-12-28)23(24)30/h3-10,17,25,28H,11-14H2,1-2H3/t17?,24-/m0/s1. The number of aliphatic hydroxyl groups is 1. The van der Waals surface area contributed by atoms with Crippen molar-refractivity contribution >= 4 is 22.7 Å². The van der Waals surface area contributed by atoms with Gasteiger partial charge in [-0.3, -0.25) is 9.59 Å². The average Bonchev–Trinajstić information content (AvgIpc) is 3.18. The lowest BCUT2D eigenvalue weighted by Crippen LogP contribution is -2.67. The highest BCUT2D eigenvalue weighted by atomic mass is 16.5. The van der Waals surface area contributed by atoms with Gasteiger partial charge in [-0.05, 0) is 24.6 Å². The molecule has 0 saturated carbocycles. The van der Waals surface area contributed by atoms with Crippen molar-refractivity contribution < 1.29 is 19.4 Å². The molecule has 160 valence electrons. The largest absolute Gasteiger partial charge is 0.496 e. The zero-order chi connectivity index (χ0) is 21.8. The summed E-state index contributed by atoms with van der Waals surface area (Å²) in [7, 11) is 1.64. The van der Waals surface area contributed by atoms with Gasteiger partial charge in [0.1, 0.15) is 5.75 Å². The van der Waals surface area contributed by atoms with Gasteiger partial charge in [0.2, 0.25) is 5.91 Å². The van der Waals surface area contributed by atoms with Crippen LogP contribution in [0.5, 0.6) is 5.75 Å². The monoisotopic (exact) mass is 419 g/mol. The molecule has 2 N–H and O–H groups in total. The van der Waals surface area contributed by atoms with E-state index in [0.717, 1.165) is 33.5 Å². The summed E-state index contributed by atoms with van der Waals surface area (Å²) in [6.07, 6.45) is 0. The zero-order valence-corrected chi connectivity index (χ0v) is 17.6. The molecule has 1 saturated heterocycles. The smallest absolute Gasteiger partial charge is 0.255 e. The van der Waals surface area contributed by atoms with Crippen molar-refractivity contribution in [2.75, 3.05) is 33.4 Å². The molecule has 2 aliphatic heterocycles. The van der Waals surface area contributed by atoms with Crippen LogP contribution in [-0.2, 0) is 15.1 Å². The Bertz CT molecular complexity index is 1190. The lowest BCUT2D eigenvalue weighted by Gasteiger charge is -2.51. The number of piperazine rings is 1. The topological polar surface area (TPSA) is 85.9 Å². The number of carbonyl (C=O) groups is 2. The van der Waals surface area contributed by atoms with Crippen molar-refractivity contribution in [3.8, 4) is 5.75 Å². The van der Waals surface area contributed by atoms with Crippen molar-refractivity contribution in [3.63, 3.8) is 0 Å². The Morgan fingerprint density at radius 2 is 1.90 bits per heavy atom. The Morgan fingerprint density at radius 3 is 2.68 bits per heavy atom. The summed E-state index contributed by atoms with van der Waals surface area (Å²) in [5, 5.41) is 10.5. The number of aromatic nitrogens is 1. The van der Waals surface area contributed by atoms with E-state index >= 15 is 0 Å². The van der Waals surface area contributed by atoms with Crippen LogP contribution in [0.25, 0.3) is 10.9 Å². The molecule has 0 radical (unpaired) electrons. The molecule has 2 aliphatic rings. The number of aliphatic hydroxyl groups excluding tert-OH is 1. The molecular formula is C24H25N3O4. The molecule has 7 nitrogen and oxygen atoms in total. The summed E-state index contributed by atoms with van der Waals surface area (Å²) in [5.74, 6) is 0.314. The second kappa shape index (κ2) is 7.13. The van der Waals surface area contributed by atoms with E-state index in [-0.39, 0.29) is 37.4 Å². The first-order valence-corrected chi connectivity index (χ1v) is 10.5. The first-order valence-electron chi connectivity index (χ1n) is 10.5. The fourth-order valence-electron chi connectivity index (χ4n) is 5.21. The van der Waals surface area contributed by atoms with Gasteiger partial charge in [0.15, 0.2) is 5.54 Å². The number of fused-ring (bicyclic) bond motifs is 5. The predicted octanol–water partition coefficient (Wildman–Crippen LogP) is 2.20. The number of hydrogen-bond donors (Lipinski definition) is 2. The van der Waals surface area contributed by atoms with Gasteiger partial charge >= 0.3 is 0 Å². The number of hydrogen-bond acceptors (Lipinski definition) is 4. The van der Waals surface area contributed by atoms with Crippen LogP contribution in [0, 0.1) is 0 Å². The number of benzene rings is 2. The van der Waals surface area contributed by atoms with Crippen molar-refractivity contribution in [2.45, 2.75) is 18.4 Å². The number of nitrogens with one attached hydrogen (secondary N) is 1. The summed E-state index contributed by atoms with van der Waals surface area (Å²) in [6, 6.07) is 15.8. The minimum atomic E-state index is -1.16. The fraction of sp³-hybridized carbons (Fsp3) is 0.333. The van der Waals surface area contributed by atoms with Crippen LogP contribution in [0.2, 0.25) is 0 Å². The SMILES string of the molecule is COc1ccccc1C1CN2C(=O)CN(CCO)C(=O)[C@]2(C)c2[nH]c3ccccc3c21. The van der Waals surface area contributed by atoms with Crippen molar-refractivity contribution in [2.24, 2.45) is 0 Å². The highest BCUT2D eigenvalue weighted by Crippen LogP contribution is 2.49. The van der Waals surface area contributed by atoms with Crippen molar-refractivity contribution in [1.29, 1.82) is 0 Å². The highest BCUT2D eigenvalue weighted by Gasteiger charge is 2.56. The number of amides is 2. The van der Waals surface area contributed by atoms with E-state index in [4.69, 9.17) is 4.74 Å². The minimum Gasteiger partial charge on any atom is -0.496 e. The molecule has 3 heterocycles. The summed E-state index contributed by atoms with van der Waals surface area (Å²) in [6.45, 7) is 2.12. The van der Waals surface area contributed by atoms with E-state index in [1.165, 1.54) is 4.90 Å². The molecule has 0 bridgehead atoms. The molecule has 1 unspecified atom stereocenters. The number of nitrogens with zero attached hydrogens (tertiary/aromatic N) is 2.